The van der Waals surface area contributed by atoms with Crippen molar-refractivity contribution in [2.24, 2.45) is 0 Å². The van der Waals surface area contributed by atoms with Crippen molar-refractivity contribution in [3.05, 3.63) is 33.6 Å². The van der Waals surface area contributed by atoms with Crippen LogP contribution in [0.15, 0.2) is 0 Å². The van der Waals surface area contributed by atoms with Gasteiger partial charge in [0.25, 0.3) is 0 Å². The molecular weight excluding hydrogens is 175 g/mol. The zero-order chi connectivity index (χ0) is 7.02. The first-order chi connectivity index (χ1) is 4.13. The monoisotopic (exact) mass is 176 g/mol. The summed E-state index contributed by atoms with van der Waals surface area (Å²) in [7, 11) is 0. The Kier molecular flexibility index (Phi) is 2.04. The van der Waals surface area contributed by atoms with Crippen LogP contribution in [0, 0.1) is 13.8 Å². The molecule has 0 nitrogen and oxygen atoms in total. The van der Waals surface area contributed by atoms with Crippen LogP contribution in [-0.4, -0.2) is 0 Å². The molecule has 0 aliphatic carbocycles. The van der Waals surface area contributed by atoms with Crippen LogP contribution < -0.4 is 0 Å². The standard InChI is InChI=1S/C6H2Cl2S/c1-3-4(2)9-6(8)5(3)7/h1-2H. The van der Waals surface area contributed by atoms with E-state index in [-0.39, 0.29) is 0 Å². The van der Waals surface area contributed by atoms with Crippen molar-refractivity contribution in [2.75, 3.05) is 0 Å². The Morgan fingerprint density at radius 3 is 1.89 bits per heavy atom. The van der Waals surface area contributed by atoms with E-state index in [9.17, 15) is 0 Å². The van der Waals surface area contributed by atoms with E-state index in [2.05, 4.69) is 0 Å². The summed E-state index contributed by atoms with van der Waals surface area (Å²) in [6.45, 7) is 10.7. The van der Waals surface area contributed by atoms with Crippen molar-refractivity contribution in [2.45, 2.75) is 0 Å². The first-order valence-electron chi connectivity index (χ1n) is 2.11. The Balaban J connectivity index is 3.29. The Labute approximate surface area is 68.4 Å². The second-order valence-corrected chi connectivity index (χ2v) is 3.50. The van der Waals surface area contributed by atoms with Crippen molar-refractivity contribution < 1.29 is 0 Å². The molecule has 1 aromatic rings. The van der Waals surface area contributed by atoms with E-state index < -0.39 is 0 Å². The predicted octanol–water partition coefficient (Wildman–Crippen LogP) is 3.17. The maximum absolute atomic E-state index is 5.57. The third kappa shape index (κ3) is 1.23. The molecule has 1 aromatic heterocycles. The third-order valence-corrected chi connectivity index (χ3v) is 2.72. The summed E-state index contributed by atoms with van der Waals surface area (Å²) in [4.78, 5) is 0.477. The van der Waals surface area contributed by atoms with Gasteiger partial charge in [-0.25, -0.2) is 0 Å². The lowest BCUT2D eigenvalue weighted by Gasteiger charge is -1.84. The zero-order valence-corrected chi connectivity index (χ0v) is 6.65. The van der Waals surface area contributed by atoms with Crippen LogP contribution in [0.2, 0.25) is 9.36 Å². The zero-order valence-electron chi connectivity index (χ0n) is 4.32. The molecule has 0 aliphatic rings. The van der Waals surface area contributed by atoms with E-state index in [1.807, 2.05) is 0 Å². The van der Waals surface area contributed by atoms with Gasteiger partial charge in [0.15, 0.2) is 0 Å². The summed E-state index contributed by atoms with van der Waals surface area (Å²) in [5, 5.41) is 0.360. The Bertz CT molecular complexity index is 205. The number of halogens is 2. The van der Waals surface area contributed by atoms with E-state index in [1.54, 1.807) is 0 Å². The first-order valence-corrected chi connectivity index (χ1v) is 3.69. The topological polar surface area (TPSA) is 0 Å². The van der Waals surface area contributed by atoms with Gasteiger partial charge in [0.05, 0.1) is 5.02 Å². The van der Waals surface area contributed by atoms with Gasteiger partial charge in [-0.1, -0.05) is 23.2 Å². The minimum Gasteiger partial charge on any atom is -0.126 e. The summed E-state index contributed by atoms with van der Waals surface area (Å²) < 4.78 is 0.451. The molecule has 0 spiro atoms. The summed E-state index contributed by atoms with van der Waals surface area (Å²) in [5.74, 6) is 0. The van der Waals surface area contributed by atoms with Gasteiger partial charge in [0.1, 0.15) is 4.34 Å². The lowest BCUT2D eigenvalue weighted by molar-refractivity contribution is 1.71. The molecular formula is C6H2Cl2S. The largest absolute Gasteiger partial charge is 0.126 e. The van der Waals surface area contributed by atoms with Crippen molar-refractivity contribution in [1.29, 1.82) is 0 Å². The molecule has 0 saturated carbocycles. The summed E-state index contributed by atoms with van der Waals surface area (Å²) >= 11 is 12.3. The van der Waals surface area contributed by atoms with Crippen LogP contribution in [0.4, 0.5) is 0 Å². The number of hydrogen-bond donors (Lipinski definition) is 0. The van der Waals surface area contributed by atoms with Crippen molar-refractivity contribution in [3.63, 3.8) is 0 Å². The van der Waals surface area contributed by atoms with Gasteiger partial charge in [-0.2, -0.15) is 0 Å². The Morgan fingerprint density at radius 1 is 1.22 bits per heavy atom. The average molecular weight is 177 g/mol. The predicted molar refractivity (Wildman–Crippen MR) is 41.1 cm³/mol. The van der Waals surface area contributed by atoms with Crippen LogP contribution >= 0.6 is 34.5 Å². The van der Waals surface area contributed by atoms with Gasteiger partial charge in [0, 0.05) is 18.7 Å². The van der Waals surface area contributed by atoms with Gasteiger partial charge >= 0.3 is 0 Å². The lowest BCUT2D eigenvalue weighted by Crippen LogP contribution is -1.66. The van der Waals surface area contributed by atoms with E-state index in [0.717, 1.165) is 0 Å². The molecule has 1 rings (SSSR count). The average Bonchev–Trinajstić information content (AvgIpc) is 1.98. The molecule has 0 aromatic carbocycles. The molecule has 1 heterocycles. The lowest BCUT2D eigenvalue weighted by atomic mass is 10.3. The molecule has 0 aliphatic heterocycles. The molecule has 0 saturated heterocycles. The highest BCUT2D eigenvalue weighted by Gasteiger charge is 2.07. The van der Waals surface area contributed by atoms with Crippen molar-refractivity contribution >= 4 is 34.5 Å². The SMILES string of the molecule is [CH]c1sc(Cl)c(Cl)c1[CH]. The summed E-state index contributed by atoms with van der Waals surface area (Å²) in [5.41, 5.74) is 0.381. The van der Waals surface area contributed by atoms with Crippen LogP contribution in [0.5, 0.6) is 0 Å². The fourth-order valence-electron chi connectivity index (χ4n) is 0.410. The molecule has 0 atom stereocenters. The van der Waals surface area contributed by atoms with Gasteiger partial charge in [-0.3, -0.25) is 0 Å². The highest BCUT2D eigenvalue weighted by atomic mass is 35.5. The van der Waals surface area contributed by atoms with Crippen LogP contribution in [-0.2, 0) is 0 Å². The van der Waals surface area contributed by atoms with E-state index in [0.29, 0.717) is 19.8 Å². The van der Waals surface area contributed by atoms with Crippen LogP contribution in [0.3, 0.4) is 0 Å². The molecule has 0 unspecified atom stereocenters. The Morgan fingerprint density at radius 2 is 1.78 bits per heavy atom. The summed E-state index contributed by atoms with van der Waals surface area (Å²) in [6, 6.07) is 0. The molecule has 46 valence electrons. The fourth-order valence-corrected chi connectivity index (χ4v) is 1.64. The minimum atomic E-state index is 0.360. The third-order valence-electron chi connectivity index (χ3n) is 0.874. The maximum Gasteiger partial charge on any atom is 0.112 e. The number of rotatable bonds is 0. The van der Waals surface area contributed by atoms with Crippen LogP contribution in [0.25, 0.3) is 0 Å². The van der Waals surface area contributed by atoms with Crippen LogP contribution in [0.1, 0.15) is 10.4 Å². The molecule has 0 bridgehead atoms. The molecule has 0 amide bonds. The Hall–Kier alpha value is 0.280. The highest BCUT2D eigenvalue weighted by molar-refractivity contribution is 7.17. The van der Waals surface area contributed by atoms with E-state index in [1.165, 1.54) is 11.3 Å². The summed E-state index contributed by atoms with van der Waals surface area (Å²) in [6.07, 6.45) is 0. The fraction of sp³-hybridized carbons (Fsp3) is 0. The van der Waals surface area contributed by atoms with Gasteiger partial charge in [0.2, 0.25) is 0 Å². The second kappa shape index (κ2) is 2.49. The van der Waals surface area contributed by atoms with Crippen molar-refractivity contribution in [1.82, 2.24) is 0 Å². The highest BCUT2D eigenvalue weighted by Crippen LogP contribution is 2.35. The van der Waals surface area contributed by atoms with E-state index in [4.69, 9.17) is 37.0 Å². The molecule has 0 fully saturated rings. The number of hydrogen-bond acceptors (Lipinski definition) is 1. The molecule has 0 N–H and O–H groups in total. The van der Waals surface area contributed by atoms with Gasteiger partial charge in [-0.05, 0) is 5.56 Å². The van der Waals surface area contributed by atoms with E-state index >= 15 is 0 Å². The molecule has 9 heavy (non-hydrogen) atoms. The molecule has 4 radical (unpaired) electrons. The quantitative estimate of drug-likeness (QED) is 0.570. The van der Waals surface area contributed by atoms with Gasteiger partial charge in [-0.15, -0.1) is 11.3 Å². The normalized spacial score (nSPS) is 10.2. The smallest absolute Gasteiger partial charge is 0.112 e. The van der Waals surface area contributed by atoms with Gasteiger partial charge < -0.3 is 0 Å². The maximum atomic E-state index is 5.57. The number of thiophene rings is 1. The second-order valence-electron chi connectivity index (χ2n) is 1.47. The first kappa shape index (κ1) is 7.39. The van der Waals surface area contributed by atoms with Crippen molar-refractivity contribution in [3.8, 4) is 0 Å². The molecule has 3 heteroatoms. The minimum absolute atomic E-state index is 0.360.